The third-order valence-corrected chi connectivity index (χ3v) is 2.79. The summed E-state index contributed by atoms with van der Waals surface area (Å²) in [5, 5.41) is 10.9. The number of imidazole rings is 1. The minimum Gasteiger partial charge on any atom is -0.330 e. The quantitative estimate of drug-likeness (QED) is 0.614. The lowest BCUT2D eigenvalue weighted by atomic mass is 10.1. The van der Waals surface area contributed by atoms with Gasteiger partial charge >= 0.3 is 0 Å². The highest BCUT2D eigenvalue weighted by atomic mass is 16.6. The van der Waals surface area contributed by atoms with Gasteiger partial charge in [-0.1, -0.05) is 32.0 Å². The topological polar surface area (TPSA) is 61.0 Å². The van der Waals surface area contributed by atoms with Gasteiger partial charge in [-0.05, 0) is 0 Å². The first-order chi connectivity index (χ1) is 8.59. The Labute approximate surface area is 105 Å². The van der Waals surface area contributed by atoms with E-state index in [2.05, 4.69) is 18.8 Å². The van der Waals surface area contributed by atoms with Crippen LogP contribution >= 0.6 is 0 Å². The molecule has 0 fully saturated rings. The lowest BCUT2D eigenvalue weighted by Gasteiger charge is -2.10. The van der Waals surface area contributed by atoms with Crippen molar-refractivity contribution in [2.45, 2.75) is 26.3 Å². The van der Waals surface area contributed by atoms with Crippen molar-refractivity contribution in [2.75, 3.05) is 0 Å². The van der Waals surface area contributed by atoms with Gasteiger partial charge in [-0.25, -0.2) is 4.98 Å². The van der Waals surface area contributed by atoms with E-state index < -0.39 is 0 Å². The molecular weight excluding hydrogens is 230 g/mol. The van der Waals surface area contributed by atoms with E-state index in [1.165, 1.54) is 6.07 Å². The Morgan fingerprint density at radius 1 is 1.39 bits per heavy atom. The summed E-state index contributed by atoms with van der Waals surface area (Å²) < 4.78 is 1.95. The number of aromatic nitrogens is 2. The van der Waals surface area contributed by atoms with Gasteiger partial charge in [0.05, 0.1) is 11.5 Å². The van der Waals surface area contributed by atoms with Gasteiger partial charge in [0.2, 0.25) is 0 Å². The number of hydrogen-bond acceptors (Lipinski definition) is 3. The predicted octanol–water partition coefficient (Wildman–Crippen LogP) is 2.96. The lowest BCUT2D eigenvalue weighted by molar-refractivity contribution is -0.385. The fourth-order valence-electron chi connectivity index (χ4n) is 1.96. The lowest BCUT2D eigenvalue weighted by Crippen LogP contribution is -2.07. The van der Waals surface area contributed by atoms with Crippen LogP contribution in [0.3, 0.4) is 0 Å². The summed E-state index contributed by atoms with van der Waals surface area (Å²) in [5.41, 5.74) is 0.850. The maximum atomic E-state index is 10.9. The zero-order chi connectivity index (χ0) is 13.1. The van der Waals surface area contributed by atoms with Crippen LogP contribution in [0.4, 0.5) is 5.69 Å². The molecule has 0 radical (unpaired) electrons. The molecule has 0 spiro atoms. The van der Waals surface area contributed by atoms with Crippen molar-refractivity contribution < 1.29 is 4.92 Å². The fourth-order valence-corrected chi connectivity index (χ4v) is 1.96. The minimum atomic E-state index is -0.346. The van der Waals surface area contributed by atoms with Crippen LogP contribution in [0.5, 0.6) is 0 Å². The maximum Gasteiger partial charge on any atom is 0.274 e. The molecule has 94 valence electrons. The van der Waals surface area contributed by atoms with E-state index >= 15 is 0 Å². The highest BCUT2D eigenvalue weighted by Gasteiger charge is 2.14. The smallest absolute Gasteiger partial charge is 0.274 e. The summed E-state index contributed by atoms with van der Waals surface area (Å²) in [6, 6.07) is 6.80. The molecule has 0 aliphatic rings. The number of nitro benzene ring substituents is 1. The molecular formula is C13H15N3O2. The molecule has 0 bridgehead atoms. The van der Waals surface area contributed by atoms with Crippen LogP contribution in [0.25, 0.3) is 0 Å². The molecule has 1 aromatic heterocycles. The average molecular weight is 245 g/mol. The number of nitro groups is 1. The van der Waals surface area contributed by atoms with Crippen molar-refractivity contribution in [3.63, 3.8) is 0 Å². The van der Waals surface area contributed by atoms with Crippen LogP contribution in [-0.2, 0) is 6.54 Å². The number of rotatable bonds is 4. The van der Waals surface area contributed by atoms with Crippen LogP contribution in [0.2, 0.25) is 0 Å². The summed E-state index contributed by atoms with van der Waals surface area (Å²) in [6.45, 7) is 4.58. The van der Waals surface area contributed by atoms with Gasteiger partial charge in [0, 0.05) is 29.9 Å². The first-order valence-corrected chi connectivity index (χ1v) is 5.83. The molecule has 1 aromatic carbocycles. The normalized spacial score (nSPS) is 10.8. The van der Waals surface area contributed by atoms with Crippen molar-refractivity contribution in [3.05, 3.63) is 58.2 Å². The summed E-state index contributed by atoms with van der Waals surface area (Å²) in [5.74, 6) is 1.23. The van der Waals surface area contributed by atoms with E-state index in [0.717, 1.165) is 5.82 Å². The molecule has 0 atom stereocenters. The van der Waals surface area contributed by atoms with Crippen molar-refractivity contribution in [1.82, 2.24) is 9.55 Å². The van der Waals surface area contributed by atoms with Gasteiger partial charge in [-0.2, -0.15) is 0 Å². The van der Waals surface area contributed by atoms with E-state index in [-0.39, 0.29) is 10.6 Å². The summed E-state index contributed by atoms with van der Waals surface area (Å²) in [7, 11) is 0. The van der Waals surface area contributed by atoms with Gasteiger partial charge in [0.1, 0.15) is 5.82 Å². The Kier molecular flexibility index (Phi) is 3.41. The van der Waals surface area contributed by atoms with Crippen molar-refractivity contribution in [1.29, 1.82) is 0 Å². The van der Waals surface area contributed by atoms with Gasteiger partial charge < -0.3 is 4.57 Å². The van der Waals surface area contributed by atoms with Crippen molar-refractivity contribution in [3.8, 4) is 0 Å². The third kappa shape index (κ3) is 2.40. The van der Waals surface area contributed by atoms with E-state index in [1.54, 1.807) is 18.3 Å². The Balaban J connectivity index is 2.34. The fraction of sp³-hybridized carbons (Fsp3) is 0.308. The maximum absolute atomic E-state index is 10.9. The van der Waals surface area contributed by atoms with E-state index in [1.807, 2.05) is 16.8 Å². The van der Waals surface area contributed by atoms with Crippen LogP contribution < -0.4 is 0 Å². The molecule has 5 nitrogen and oxygen atoms in total. The molecule has 0 aliphatic heterocycles. The molecule has 0 aliphatic carbocycles. The van der Waals surface area contributed by atoms with Crippen molar-refractivity contribution >= 4 is 5.69 Å². The van der Waals surface area contributed by atoms with Crippen LogP contribution in [-0.4, -0.2) is 14.5 Å². The van der Waals surface area contributed by atoms with E-state index in [4.69, 9.17) is 0 Å². The van der Waals surface area contributed by atoms with Gasteiger partial charge in [0.15, 0.2) is 0 Å². The van der Waals surface area contributed by atoms with Crippen LogP contribution in [0.15, 0.2) is 36.7 Å². The summed E-state index contributed by atoms with van der Waals surface area (Å²) >= 11 is 0. The van der Waals surface area contributed by atoms with Crippen molar-refractivity contribution in [2.24, 2.45) is 0 Å². The van der Waals surface area contributed by atoms with Gasteiger partial charge in [-0.3, -0.25) is 10.1 Å². The molecule has 0 saturated carbocycles. The molecule has 18 heavy (non-hydrogen) atoms. The minimum absolute atomic E-state index is 0.154. The predicted molar refractivity (Wildman–Crippen MR) is 68.5 cm³/mol. The number of hydrogen-bond donors (Lipinski definition) is 0. The van der Waals surface area contributed by atoms with Gasteiger partial charge in [0.25, 0.3) is 5.69 Å². The monoisotopic (exact) mass is 245 g/mol. The molecule has 2 aromatic rings. The Bertz CT molecular complexity index is 561. The van der Waals surface area contributed by atoms with E-state index in [0.29, 0.717) is 18.0 Å². The highest BCUT2D eigenvalue weighted by molar-refractivity contribution is 5.40. The SMILES string of the molecule is CC(C)c1nccn1Cc1ccccc1[N+](=O)[O-]. The highest BCUT2D eigenvalue weighted by Crippen LogP contribution is 2.20. The first-order valence-electron chi connectivity index (χ1n) is 5.83. The second kappa shape index (κ2) is 5.00. The van der Waals surface area contributed by atoms with Gasteiger partial charge in [-0.15, -0.1) is 0 Å². The average Bonchev–Trinajstić information content (AvgIpc) is 2.77. The molecule has 0 N–H and O–H groups in total. The van der Waals surface area contributed by atoms with E-state index in [9.17, 15) is 10.1 Å². The summed E-state index contributed by atoms with van der Waals surface area (Å²) in [4.78, 5) is 14.9. The number of para-hydroxylation sites is 1. The zero-order valence-electron chi connectivity index (χ0n) is 10.4. The zero-order valence-corrected chi connectivity index (χ0v) is 10.4. The number of nitrogens with zero attached hydrogens (tertiary/aromatic N) is 3. The van der Waals surface area contributed by atoms with Crippen LogP contribution in [0.1, 0.15) is 31.2 Å². The second-order valence-corrected chi connectivity index (χ2v) is 4.45. The molecule has 1 heterocycles. The Hall–Kier alpha value is -2.17. The molecule has 0 unspecified atom stereocenters. The largest absolute Gasteiger partial charge is 0.330 e. The molecule has 0 amide bonds. The third-order valence-electron chi connectivity index (χ3n) is 2.79. The summed E-state index contributed by atoms with van der Waals surface area (Å²) in [6.07, 6.45) is 3.58. The standard InChI is InChI=1S/C13H15N3O2/c1-10(2)13-14-7-8-15(13)9-11-5-3-4-6-12(11)16(17)18/h3-8,10H,9H2,1-2H3. The first kappa shape index (κ1) is 12.3. The van der Waals surface area contributed by atoms with Crippen LogP contribution in [0, 0.1) is 10.1 Å². The Morgan fingerprint density at radius 3 is 2.78 bits per heavy atom. The Morgan fingerprint density at radius 2 is 2.11 bits per heavy atom. The molecule has 2 rings (SSSR count). The second-order valence-electron chi connectivity index (χ2n) is 4.45. The number of benzene rings is 1. The molecule has 5 heteroatoms. The molecule has 0 saturated heterocycles.